The molecule has 1 amide bonds. The van der Waals surface area contributed by atoms with Gasteiger partial charge in [0.25, 0.3) is 5.91 Å². The molecule has 1 aromatic heterocycles. The van der Waals surface area contributed by atoms with Crippen molar-refractivity contribution in [2.45, 2.75) is 43.8 Å². The van der Waals surface area contributed by atoms with Gasteiger partial charge in [0.15, 0.2) is 0 Å². The molecule has 0 radical (unpaired) electrons. The summed E-state index contributed by atoms with van der Waals surface area (Å²) in [5.41, 5.74) is 2.83. The highest BCUT2D eigenvalue weighted by Crippen LogP contribution is 2.38. The third kappa shape index (κ3) is 5.57. The summed E-state index contributed by atoms with van der Waals surface area (Å²) in [6.45, 7) is 2.20. The van der Waals surface area contributed by atoms with Gasteiger partial charge in [0.1, 0.15) is 18.2 Å². The van der Waals surface area contributed by atoms with Gasteiger partial charge in [0.05, 0.1) is 4.90 Å². The van der Waals surface area contributed by atoms with Crippen LogP contribution in [0, 0.1) is 25.2 Å². The van der Waals surface area contributed by atoms with Crippen molar-refractivity contribution >= 4 is 27.7 Å². The SMILES string of the molecule is Cc1cc(/C=C(\C#N)C(=O)Nc2ccc(S(=O)(=O)NCC(F)(F)F)cc2)c(C)n1C1CC1. The van der Waals surface area contributed by atoms with Crippen molar-refractivity contribution in [3.05, 3.63) is 52.9 Å². The summed E-state index contributed by atoms with van der Waals surface area (Å²) >= 11 is 0. The largest absolute Gasteiger partial charge is 0.402 e. The Kier molecular flexibility index (Phi) is 6.48. The van der Waals surface area contributed by atoms with Gasteiger partial charge in [-0.05, 0) is 68.7 Å². The van der Waals surface area contributed by atoms with Gasteiger partial charge >= 0.3 is 6.18 Å². The Morgan fingerprint density at radius 3 is 2.41 bits per heavy atom. The molecule has 32 heavy (non-hydrogen) atoms. The quantitative estimate of drug-likeness (QED) is 0.478. The molecule has 7 nitrogen and oxygen atoms in total. The fraction of sp³-hybridized carbons (Fsp3) is 0.333. The summed E-state index contributed by atoms with van der Waals surface area (Å²) in [7, 11) is -4.36. The van der Waals surface area contributed by atoms with Crippen LogP contribution in [0.5, 0.6) is 0 Å². The summed E-state index contributed by atoms with van der Waals surface area (Å²) < 4.78 is 64.3. The molecule has 0 unspecified atom stereocenters. The number of benzene rings is 1. The Labute approximate surface area is 183 Å². The number of aryl methyl sites for hydroxylation is 1. The summed E-state index contributed by atoms with van der Waals surface area (Å²) in [5.74, 6) is -0.686. The second-order valence-electron chi connectivity index (χ2n) is 7.52. The minimum Gasteiger partial charge on any atom is -0.346 e. The van der Waals surface area contributed by atoms with Gasteiger partial charge in [0, 0.05) is 23.1 Å². The highest BCUT2D eigenvalue weighted by atomic mass is 32.2. The monoisotopic (exact) mass is 466 g/mol. The lowest BCUT2D eigenvalue weighted by Gasteiger charge is -2.10. The second-order valence-corrected chi connectivity index (χ2v) is 9.28. The lowest BCUT2D eigenvalue weighted by Crippen LogP contribution is -2.33. The fourth-order valence-corrected chi connectivity index (χ4v) is 4.34. The number of nitriles is 1. The van der Waals surface area contributed by atoms with E-state index < -0.39 is 28.7 Å². The molecule has 0 atom stereocenters. The van der Waals surface area contributed by atoms with Gasteiger partial charge in [-0.1, -0.05) is 0 Å². The Bertz CT molecular complexity index is 1200. The van der Waals surface area contributed by atoms with Gasteiger partial charge in [-0.2, -0.15) is 18.4 Å². The van der Waals surface area contributed by atoms with Gasteiger partial charge < -0.3 is 9.88 Å². The number of carbonyl (C=O) groups is 1. The summed E-state index contributed by atoms with van der Waals surface area (Å²) in [5, 5.41) is 11.9. The van der Waals surface area contributed by atoms with Crippen LogP contribution < -0.4 is 10.0 Å². The van der Waals surface area contributed by atoms with E-state index in [1.807, 2.05) is 26.0 Å². The number of carbonyl (C=O) groups excluding carboxylic acids is 1. The number of halogens is 3. The number of hydrogen-bond donors (Lipinski definition) is 2. The maximum absolute atomic E-state index is 12.5. The molecular weight excluding hydrogens is 445 g/mol. The van der Waals surface area contributed by atoms with Crippen molar-refractivity contribution in [3.63, 3.8) is 0 Å². The molecule has 1 aromatic carbocycles. The maximum Gasteiger partial charge on any atom is 0.402 e. The topological polar surface area (TPSA) is 104 Å². The zero-order valence-electron chi connectivity index (χ0n) is 17.3. The van der Waals surface area contributed by atoms with Crippen LogP contribution in [0.1, 0.15) is 35.8 Å². The number of alkyl halides is 3. The van der Waals surface area contributed by atoms with E-state index in [0.717, 1.165) is 41.9 Å². The lowest BCUT2D eigenvalue weighted by atomic mass is 10.1. The van der Waals surface area contributed by atoms with Gasteiger partial charge in [-0.25, -0.2) is 13.1 Å². The summed E-state index contributed by atoms with van der Waals surface area (Å²) in [6, 6.07) is 8.82. The van der Waals surface area contributed by atoms with Crippen molar-refractivity contribution in [2.24, 2.45) is 0 Å². The minimum atomic E-state index is -4.68. The lowest BCUT2D eigenvalue weighted by molar-refractivity contribution is -0.121. The van der Waals surface area contributed by atoms with E-state index in [-0.39, 0.29) is 16.2 Å². The molecule has 0 saturated heterocycles. The number of amides is 1. The van der Waals surface area contributed by atoms with Crippen molar-refractivity contribution in [1.82, 2.24) is 9.29 Å². The highest BCUT2D eigenvalue weighted by molar-refractivity contribution is 7.89. The summed E-state index contributed by atoms with van der Waals surface area (Å²) in [6.07, 6.45) is -0.987. The van der Waals surface area contributed by atoms with Crippen molar-refractivity contribution in [1.29, 1.82) is 5.26 Å². The van der Waals surface area contributed by atoms with Gasteiger partial charge in [-0.3, -0.25) is 4.79 Å². The van der Waals surface area contributed by atoms with Crippen LogP contribution >= 0.6 is 0 Å². The van der Waals surface area contributed by atoms with E-state index in [2.05, 4.69) is 9.88 Å². The van der Waals surface area contributed by atoms with E-state index in [0.29, 0.717) is 6.04 Å². The van der Waals surface area contributed by atoms with Crippen LogP contribution in [0.25, 0.3) is 6.08 Å². The molecule has 0 bridgehead atoms. The Hall–Kier alpha value is -3.10. The molecule has 1 fully saturated rings. The second kappa shape index (κ2) is 8.80. The number of aromatic nitrogens is 1. The standard InChI is InChI=1S/C21H21F3N4O3S/c1-13-9-15(14(2)28(13)18-5-6-18)10-16(11-25)20(29)27-17-3-7-19(8-4-17)32(30,31)26-12-21(22,23)24/h3-4,7-10,18,26H,5-6,12H2,1-2H3,(H,27,29)/b16-10+. The predicted octanol–water partition coefficient (Wildman–Crippen LogP) is 3.83. The number of nitrogens with zero attached hydrogens (tertiary/aromatic N) is 2. The van der Waals surface area contributed by atoms with E-state index in [4.69, 9.17) is 0 Å². The molecule has 1 aliphatic carbocycles. The van der Waals surface area contributed by atoms with Crippen molar-refractivity contribution in [3.8, 4) is 6.07 Å². The smallest absolute Gasteiger partial charge is 0.346 e. The zero-order chi connectivity index (χ0) is 23.7. The number of sulfonamides is 1. The van der Waals surface area contributed by atoms with Crippen LogP contribution in [-0.4, -0.2) is 31.6 Å². The van der Waals surface area contributed by atoms with Crippen LogP contribution in [-0.2, 0) is 14.8 Å². The van der Waals surface area contributed by atoms with E-state index in [1.165, 1.54) is 22.9 Å². The summed E-state index contributed by atoms with van der Waals surface area (Å²) in [4.78, 5) is 12.1. The van der Waals surface area contributed by atoms with E-state index in [1.54, 1.807) is 0 Å². The molecule has 11 heteroatoms. The molecule has 1 aliphatic rings. The zero-order valence-corrected chi connectivity index (χ0v) is 18.1. The van der Waals surface area contributed by atoms with Crippen molar-refractivity contribution < 1.29 is 26.4 Å². The Morgan fingerprint density at radius 2 is 1.88 bits per heavy atom. The molecule has 3 rings (SSSR count). The van der Waals surface area contributed by atoms with Crippen molar-refractivity contribution in [2.75, 3.05) is 11.9 Å². The predicted molar refractivity (Wildman–Crippen MR) is 112 cm³/mol. The van der Waals surface area contributed by atoms with Crippen LogP contribution in [0.2, 0.25) is 0 Å². The average Bonchev–Trinajstić information content (AvgIpc) is 3.50. The first-order valence-corrected chi connectivity index (χ1v) is 11.2. The molecule has 2 aromatic rings. The van der Waals surface area contributed by atoms with E-state index in [9.17, 15) is 31.6 Å². The molecular formula is C21H21F3N4O3S. The molecule has 1 heterocycles. The van der Waals surface area contributed by atoms with Gasteiger partial charge in [-0.15, -0.1) is 0 Å². The highest BCUT2D eigenvalue weighted by Gasteiger charge is 2.30. The fourth-order valence-electron chi connectivity index (χ4n) is 3.32. The molecule has 2 N–H and O–H groups in total. The number of rotatable bonds is 7. The number of hydrogen-bond acceptors (Lipinski definition) is 4. The first-order valence-electron chi connectivity index (χ1n) is 9.69. The van der Waals surface area contributed by atoms with Gasteiger partial charge in [0.2, 0.25) is 10.0 Å². The third-order valence-electron chi connectivity index (χ3n) is 4.99. The third-order valence-corrected chi connectivity index (χ3v) is 6.40. The Morgan fingerprint density at radius 1 is 1.25 bits per heavy atom. The van der Waals surface area contributed by atoms with Crippen LogP contribution in [0.4, 0.5) is 18.9 Å². The normalized spacial score (nSPS) is 14.8. The maximum atomic E-state index is 12.5. The number of nitrogens with one attached hydrogen (secondary N) is 2. The average molecular weight is 466 g/mol. The minimum absolute atomic E-state index is 0.135. The first-order chi connectivity index (χ1) is 14.9. The first kappa shape index (κ1) is 23.6. The number of anilines is 1. The Balaban J connectivity index is 1.73. The molecule has 0 aliphatic heterocycles. The van der Waals surface area contributed by atoms with Crippen LogP contribution in [0.3, 0.4) is 0 Å². The van der Waals surface area contributed by atoms with Crippen LogP contribution in [0.15, 0.2) is 40.8 Å². The molecule has 1 saturated carbocycles. The molecule has 170 valence electrons. The van der Waals surface area contributed by atoms with E-state index >= 15 is 0 Å². The molecule has 0 spiro atoms.